The lowest BCUT2D eigenvalue weighted by Gasteiger charge is -2.32. The van der Waals surface area contributed by atoms with Crippen molar-refractivity contribution in [2.45, 2.75) is 44.7 Å². The maximum Gasteiger partial charge on any atom is 0.490 e. The number of sulfonamides is 1. The van der Waals surface area contributed by atoms with Crippen molar-refractivity contribution in [1.29, 1.82) is 0 Å². The monoisotopic (exact) mass is 517 g/mol. The van der Waals surface area contributed by atoms with Crippen LogP contribution in [-0.2, 0) is 14.8 Å². The smallest absolute Gasteiger partial charge is 0.478 e. The Labute approximate surface area is 200 Å². The standard InChI is InChI=1S/C20H25N3O4S.C2HF3O2/c1-13-6-8-23(9-7-13)19-17(20(24)25)11-16(12-21-19)22-28(26,27)18-5-4-14(2)10-15(18)3;3-2(4,5)1(6)7/h4-5,10-13,22H,6-9H2,1-3H3,(H,24,25);(H,6,7). The number of halogens is 3. The molecule has 1 aliphatic heterocycles. The molecule has 3 N–H and O–H groups in total. The van der Waals surface area contributed by atoms with Gasteiger partial charge in [-0.05, 0) is 50.3 Å². The number of carboxylic acids is 2. The van der Waals surface area contributed by atoms with Gasteiger partial charge >= 0.3 is 18.1 Å². The van der Waals surface area contributed by atoms with Crippen LogP contribution in [0.25, 0.3) is 0 Å². The highest BCUT2D eigenvalue weighted by atomic mass is 32.2. The Morgan fingerprint density at radius 3 is 2.17 bits per heavy atom. The number of rotatable bonds is 5. The first kappa shape index (κ1) is 27.9. The quantitative estimate of drug-likeness (QED) is 0.540. The SMILES string of the molecule is Cc1ccc(S(=O)(=O)Nc2cnc(N3CCC(C)CC3)c(C(=O)O)c2)c(C)c1.O=C(O)C(F)(F)F. The molecular weight excluding hydrogens is 491 g/mol. The molecule has 0 spiro atoms. The van der Waals surface area contributed by atoms with E-state index >= 15 is 0 Å². The molecule has 3 rings (SSSR count). The molecule has 0 amide bonds. The van der Waals surface area contributed by atoms with Gasteiger partial charge in [-0.25, -0.2) is 23.0 Å². The van der Waals surface area contributed by atoms with Gasteiger partial charge in [0.1, 0.15) is 11.4 Å². The normalized spacial score (nSPS) is 14.6. The minimum absolute atomic E-state index is 0.00428. The van der Waals surface area contributed by atoms with Crippen LogP contribution >= 0.6 is 0 Å². The summed E-state index contributed by atoms with van der Waals surface area (Å²) in [6.45, 7) is 7.26. The molecule has 1 saturated heterocycles. The van der Waals surface area contributed by atoms with Crippen molar-refractivity contribution < 1.29 is 41.4 Å². The number of hydrogen-bond donors (Lipinski definition) is 3. The molecule has 0 aliphatic carbocycles. The van der Waals surface area contributed by atoms with Gasteiger partial charge in [0.2, 0.25) is 0 Å². The number of anilines is 2. The molecule has 0 unspecified atom stereocenters. The van der Waals surface area contributed by atoms with Crippen molar-refractivity contribution in [3.05, 3.63) is 47.2 Å². The van der Waals surface area contributed by atoms with E-state index in [1.807, 2.05) is 11.8 Å². The van der Waals surface area contributed by atoms with E-state index in [4.69, 9.17) is 9.90 Å². The summed E-state index contributed by atoms with van der Waals surface area (Å²) in [6, 6.07) is 6.39. The van der Waals surface area contributed by atoms with Crippen LogP contribution in [0, 0.1) is 19.8 Å². The number of alkyl halides is 3. The Kier molecular flexibility index (Phi) is 8.71. The Morgan fingerprint density at radius 1 is 1.11 bits per heavy atom. The molecule has 0 atom stereocenters. The summed E-state index contributed by atoms with van der Waals surface area (Å²) >= 11 is 0. The van der Waals surface area contributed by atoms with Crippen LogP contribution in [0.3, 0.4) is 0 Å². The number of aryl methyl sites for hydroxylation is 2. The first-order valence-corrected chi connectivity index (χ1v) is 12.0. The Hall–Kier alpha value is -3.35. The Bertz CT molecular complexity index is 1190. The van der Waals surface area contributed by atoms with E-state index in [1.54, 1.807) is 25.1 Å². The molecule has 0 bridgehead atoms. The molecule has 2 heterocycles. The molecule has 35 heavy (non-hydrogen) atoms. The summed E-state index contributed by atoms with van der Waals surface area (Å²) in [4.78, 5) is 27.0. The van der Waals surface area contributed by atoms with Gasteiger partial charge in [-0.2, -0.15) is 13.2 Å². The molecule has 9 nitrogen and oxygen atoms in total. The van der Waals surface area contributed by atoms with Gasteiger partial charge in [-0.3, -0.25) is 4.72 Å². The number of nitrogens with zero attached hydrogens (tertiary/aromatic N) is 2. The Balaban J connectivity index is 0.000000540. The van der Waals surface area contributed by atoms with Gasteiger partial charge in [-0.1, -0.05) is 24.6 Å². The molecule has 0 radical (unpaired) electrons. The average Bonchev–Trinajstić information content (AvgIpc) is 2.73. The van der Waals surface area contributed by atoms with Gasteiger partial charge < -0.3 is 15.1 Å². The summed E-state index contributed by atoms with van der Waals surface area (Å²) in [5.41, 5.74) is 1.71. The third-order valence-electron chi connectivity index (χ3n) is 5.29. The van der Waals surface area contributed by atoms with E-state index in [1.165, 1.54) is 12.3 Å². The first-order chi connectivity index (χ1) is 16.1. The number of pyridine rings is 1. The highest BCUT2D eigenvalue weighted by Crippen LogP contribution is 2.28. The van der Waals surface area contributed by atoms with E-state index in [0.29, 0.717) is 17.3 Å². The summed E-state index contributed by atoms with van der Waals surface area (Å²) in [6.07, 6.45) is -1.76. The second-order valence-electron chi connectivity index (χ2n) is 8.25. The van der Waals surface area contributed by atoms with E-state index < -0.39 is 28.1 Å². The number of aromatic carboxylic acids is 1. The van der Waals surface area contributed by atoms with Crippen molar-refractivity contribution in [3.8, 4) is 0 Å². The van der Waals surface area contributed by atoms with Gasteiger partial charge in [0.05, 0.1) is 16.8 Å². The largest absolute Gasteiger partial charge is 0.490 e. The molecule has 0 saturated carbocycles. The number of hydrogen-bond acceptors (Lipinski definition) is 6. The van der Waals surface area contributed by atoms with Gasteiger partial charge in [0.25, 0.3) is 10.0 Å². The molecular formula is C22H26F3N3O6S. The van der Waals surface area contributed by atoms with Crippen molar-refractivity contribution in [2.75, 3.05) is 22.7 Å². The van der Waals surface area contributed by atoms with Gasteiger partial charge in [0.15, 0.2) is 0 Å². The van der Waals surface area contributed by atoms with Crippen LogP contribution in [0.15, 0.2) is 35.4 Å². The predicted octanol–water partition coefficient (Wildman–Crippen LogP) is 4.07. The maximum atomic E-state index is 12.7. The number of piperidine rings is 1. The van der Waals surface area contributed by atoms with E-state index in [-0.39, 0.29) is 16.1 Å². The zero-order chi connectivity index (χ0) is 26.6. The van der Waals surface area contributed by atoms with E-state index in [2.05, 4.69) is 16.6 Å². The number of nitrogens with one attached hydrogen (secondary N) is 1. The second kappa shape index (κ2) is 10.9. The van der Waals surface area contributed by atoms with Crippen molar-refractivity contribution in [1.82, 2.24) is 4.98 Å². The van der Waals surface area contributed by atoms with Crippen LogP contribution in [0.1, 0.15) is 41.3 Å². The van der Waals surface area contributed by atoms with E-state index in [9.17, 15) is 31.5 Å². The number of carboxylic acid groups (broad SMARTS) is 2. The first-order valence-electron chi connectivity index (χ1n) is 10.5. The minimum atomic E-state index is -5.08. The third kappa shape index (κ3) is 7.57. The molecule has 1 aliphatic rings. The highest BCUT2D eigenvalue weighted by Gasteiger charge is 2.38. The highest BCUT2D eigenvalue weighted by molar-refractivity contribution is 7.92. The van der Waals surface area contributed by atoms with Crippen molar-refractivity contribution in [2.24, 2.45) is 5.92 Å². The van der Waals surface area contributed by atoms with Crippen molar-refractivity contribution in [3.63, 3.8) is 0 Å². The summed E-state index contributed by atoms with van der Waals surface area (Å²) in [5, 5.41) is 16.7. The second-order valence-corrected chi connectivity index (χ2v) is 9.90. The summed E-state index contributed by atoms with van der Waals surface area (Å²) in [7, 11) is -3.84. The molecule has 192 valence electrons. The number of aromatic nitrogens is 1. The average molecular weight is 518 g/mol. The van der Waals surface area contributed by atoms with Crippen LogP contribution < -0.4 is 9.62 Å². The van der Waals surface area contributed by atoms with Crippen LogP contribution in [0.5, 0.6) is 0 Å². The molecule has 1 aromatic carbocycles. The lowest BCUT2D eigenvalue weighted by atomic mass is 9.99. The molecule has 1 fully saturated rings. The number of benzene rings is 1. The number of carbonyl (C=O) groups is 2. The zero-order valence-electron chi connectivity index (χ0n) is 19.3. The van der Waals surface area contributed by atoms with Crippen LogP contribution in [-0.4, -0.2) is 54.8 Å². The maximum absolute atomic E-state index is 12.7. The fourth-order valence-electron chi connectivity index (χ4n) is 3.45. The predicted molar refractivity (Wildman–Crippen MR) is 122 cm³/mol. The van der Waals surface area contributed by atoms with Crippen LogP contribution in [0.4, 0.5) is 24.7 Å². The number of aliphatic carboxylic acids is 1. The Morgan fingerprint density at radius 2 is 1.69 bits per heavy atom. The fraction of sp³-hybridized carbons (Fsp3) is 0.409. The third-order valence-corrected chi connectivity index (χ3v) is 6.84. The lowest BCUT2D eigenvalue weighted by molar-refractivity contribution is -0.192. The molecule has 1 aromatic heterocycles. The van der Waals surface area contributed by atoms with Crippen molar-refractivity contribution >= 4 is 33.5 Å². The zero-order valence-corrected chi connectivity index (χ0v) is 20.1. The molecule has 2 aromatic rings. The minimum Gasteiger partial charge on any atom is -0.478 e. The molecule has 13 heteroatoms. The topological polar surface area (TPSA) is 137 Å². The van der Waals surface area contributed by atoms with Gasteiger partial charge in [0, 0.05) is 13.1 Å². The van der Waals surface area contributed by atoms with Gasteiger partial charge in [-0.15, -0.1) is 0 Å². The fourth-order valence-corrected chi connectivity index (χ4v) is 4.72. The van der Waals surface area contributed by atoms with E-state index in [0.717, 1.165) is 31.5 Å². The lowest BCUT2D eigenvalue weighted by Crippen LogP contribution is -2.34. The van der Waals surface area contributed by atoms with Crippen LogP contribution in [0.2, 0.25) is 0 Å². The summed E-state index contributed by atoms with van der Waals surface area (Å²) in [5.74, 6) is -2.90. The summed E-state index contributed by atoms with van der Waals surface area (Å²) < 4.78 is 59.7.